The predicted octanol–water partition coefficient (Wildman–Crippen LogP) is 4.12. The number of hydrogen-bond donors (Lipinski definition) is 1. The Morgan fingerprint density at radius 3 is 2.82 bits per heavy atom. The molecule has 3 rings (SSSR count). The van der Waals surface area contributed by atoms with Gasteiger partial charge in [0.25, 0.3) is 5.03 Å². The van der Waals surface area contributed by atoms with E-state index >= 15 is 0 Å². The van der Waals surface area contributed by atoms with Crippen LogP contribution in [0.5, 0.6) is 0 Å². The van der Waals surface area contributed by atoms with Crippen LogP contribution in [0.15, 0.2) is 59.1 Å². The van der Waals surface area contributed by atoms with Gasteiger partial charge in [-0.05, 0) is 36.9 Å². The van der Waals surface area contributed by atoms with Crippen molar-refractivity contribution in [1.29, 1.82) is 0 Å². The van der Waals surface area contributed by atoms with Crippen LogP contribution >= 0.6 is 23.1 Å². The molecule has 112 valence electrons. The molecule has 0 spiro atoms. The van der Waals surface area contributed by atoms with Gasteiger partial charge in [0.15, 0.2) is 11.3 Å². The van der Waals surface area contributed by atoms with Gasteiger partial charge >= 0.3 is 0 Å². The van der Waals surface area contributed by atoms with Gasteiger partial charge in [0.1, 0.15) is 0 Å². The molecule has 0 aliphatic rings. The maximum atomic E-state index is 11.6. The quantitative estimate of drug-likeness (QED) is 0.434. The van der Waals surface area contributed by atoms with Crippen LogP contribution in [-0.4, -0.2) is 4.98 Å². The van der Waals surface area contributed by atoms with Crippen molar-refractivity contribution in [2.45, 2.75) is 17.7 Å². The van der Waals surface area contributed by atoms with Crippen LogP contribution in [0, 0.1) is 12.1 Å². The van der Waals surface area contributed by atoms with E-state index in [4.69, 9.17) is 0 Å². The van der Waals surface area contributed by atoms with Crippen LogP contribution in [-0.2, 0) is 5.75 Å². The van der Waals surface area contributed by atoms with Crippen LogP contribution in [0.3, 0.4) is 0 Å². The lowest BCUT2D eigenvalue weighted by molar-refractivity contribution is -0.645. The average Bonchev–Trinajstić information content (AvgIpc) is 2.96. The van der Waals surface area contributed by atoms with Crippen molar-refractivity contribution >= 4 is 33.9 Å². The summed E-state index contributed by atoms with van der Waals surface area (Å²) in [5.41, 5.74) is 3.23. The molecule has 0 aliphatic heterocycles. The molecular formula is C16H15N3OS2. The van der Waals surface area contributed by atoms with Crippen LogP contribution in [0.1, 0.15) is 11.3 Å². The number of hydrogen-bond acceptors (Lipinski definition) is 5. The molecule has 0 fully saturated rings. The molecule has 3 aromatic rings. The molecule has 0 amide bonds. The van der Waals surface area contributed by atoms with E-state index in [2.05, 4.69) is 29.4 Å². The summed E-state index contributed by atoms with van der Waals surface area (Å²) < 4.78 is 0.877. The highest BCUT2D eigenvalue weighted by Gasteiger charge is 2.08. The SMILES string of the molecule is Cc1ccc(Nc2nc(CSc3cccc[n+]3[O-])cs2)cc1. The Morgan fingerprint density at radius 2 is 2.05 bits per heavy atom. The molecule has 0 unspecified atom stereocenters. The smallest absolute Gasteiger partial charge is 0.251 e. The summed E-state index contributed by atoms with van der Waals surface area (Å²) in [6.07, 6.45) is 1.51. The van der Waals surface area contributed by atoms with Gasteiger partial charge in [-0.15, -0.1) is 11.3 Å². The zero-order chi connectivity index (χ0) is 15.4. The van der Waals surface area contributed by atoms with Crippen LogP contribution in [0.4, 0.5) is 10.8 Å². The molecule has 0 radical (unpaired) electrons. The molecule has 22 heavy (non-hydrogen) atoms. The molecule has 2 aromatic heterocycles. The van der Waals surface area contributed by atoms with Crippen molar-refractivity contribution < 1.29 is 4.73 Å². The minimum atomic E-state index is 0.679. The van der Waals surface area contributed by atoms with Gasteiger partial charge in [0, 0.05) is 29.0 Å². The first kappa shape index (κ1) is 14.9. The van der Waals surface area contributed by atoms with Crippen molar-refractivity contribution in [2.24, 2.45) is 0 Å². The second-order valence-corrected chi connectivity index (χ2v) is 6.64. The molecule has 4 nitrogen and oxygen atoms in total. The van der Waals surface area contributed by atoms with Crippen molar-refractivity contribution in [3.63, 3.8) is 0 Å². The zero-order valence-electron chi connectivity index (χ0n) is 12.0. The van der Waals surface area contributed by atoms with Crippen LogP contribution < -0.4 is 10.0 Å². The van der Waals surface area contributed by atoms with E-state index in [9.17, 15) is 5.21 Å². The molecule has 0 bridgehead atoms. The van der Waals surface area contributed by atoms with Crippen molar-refractivity contribution in [1.82, 2.24) is 4.98 Å². The Morgan fingerprint density at radius 1 is 1.23 bits per heavy atom. The number of thiazole rings is 1. The third-order valence-corrected chi connectivity index (χ3v) is 4.87. The lowest BCUT2D eigenvalue weighted by Crippen LogP contribution is -2.27. The minimum absolute atomic E-state index is 0.679. The highest BCUT2D eigenvalue weighted by atomic mass is 32.2. The monoisotopic (exact) mass is 329 g/mol. The second kappa shape index (κ2) is 6.81. The van der Waals surface area contributed by atoms with E-state index < -0.39 is 0 Å². The lowest BCUT2D eigenvalue weighted by Gasteiger charge is -2.03. The summed E-state index contributed by atoms with van der Waals surface area (Å²) in [6.45, 7) is 2.06. The topological polar surface area (TPSA) is 51.9 Å². The third-order valence-electron chi connectivity index (χ3n) is 3.01. The van der Waals surface area contributed by atoms with E-state index in [-0.39, 0.29) is 0 Å². The molecule has 0 saturated heterocycles. The van der Waals surface area contributed by atoms with Gasteiger partial charge < -0.3 is 10.5 Å². The molecule has 6 heteroatoms. The van der Waals surface area contributed by atoms with Crippen LogP contribution in [0.25, 0.3) is 0 Å². The summed E-state index contributed by atoms with van der Waals surface area (Å²) in [5, 5.41) is 18.4. The number of thioether (sulfide) groups is 1. The standard InChI is InChI=1S/C16H15N3OS2/c1-12-5-7-13(8-6-12)17-16-18-14(11-22-16)10-21-15-4-2-3-9-19(15)20/h2-9,11H,10H2,1H3,(H,17,18). The zero-order valence-corrected chi connectivity index (χ0v) is 13.7. The Kier molecular flexibility index (Phi) is 4.60. The maximum absolute atomic E-state index is 11.6. The molecular weight excluding hydrogens is 314 g/mol. The summed E-state index contributed by atoms with van der Waals surface area (Å²) in [4.78, 5) is 4.55. The highest BCUT2D eigenvalue weighted by molar-refractivity contribution is 7.98. The third kappa shape index (κ3) is 3.78. The van der Waals surface area contributed by atoms with Gasteiger partial charge in [-0.2, -0.15) is 4.73 Å². The predicted molar refractivity (Wildman–Crippen MR) is 91.5 cm³/mol. The number of nitrogens with one attached hydrogen (secondary N) is 1. The van der Waals surface area contributed by atoms with E-state index in [1.807, 2.05) is 29.6 Å². The first-order chi connectivity index (χ1) is 10.7. The number of benzene rings is 1. The maximum Gasteiger partial charge on any atom is 0.251 e. The summed E-state index contributed by atoms with van der Waals surface area (Å²) >= 11 is 3.06. The van der Waals surface area contributed by atoms with Crippen molar-refractivity contribution in [3.8, 4) is 0 Å². The molecule has 1 N–H and O–H groups in total. The van der Waals surface area contributed by atoms with Gasteiger partial charge in [-0.1, -0.05) is 17.7 Å². The molecule has 1 aromatic carbocycles. The fourth-order valence-corrected chi connectivity index (χ4v) is 3.51. The number of aromatic nitrogens is 2. The number of anilines is 2. The van der Waals surface area contributed by atoms with E-state index in [1.54, 1.807) is 17.4 Å². The van der Waals surface area contributed by atoms with Crippen molar-refractivity contribution in [3.05, 3.63) is 70.5 Å². The molecule has 0 aliphatic carbocycles. The highest BCUT2D eigenvalue weighted by Crippen LogP contribution is 2.25. The van der Waals surface area contributed by atoms with Gasteiger partial charge in [-0.25, -0.2) is 4.98 Å². The summed E-state index contributed by atoms with van der Waals surface area (Å²) in [5.74, 6) is 0.679. The Balaban J connectivity index is 1.61. The first-order valence-corrected chi connectivity index (χ1v) is 8.66. The molecule has 2 heterocycles. The fraction of sp³-hybridized carbons (Fsp3) is 0.125. The van der Waals surface area contributed by atoms with E-state index in [0.29, 0.717) is 10.8 Å². The summed E-state index contributed by atoms with van der Waals surface area (Å²) in [7, 11) is 0. The Bertz CT molecular complexity index is 756. The lowest BCUT2D eigenvalue weighted by atomic mass is 10.2. The van der Waals surface area contributed by atoms with Gasteiger partial charge in [0.2, 0.25) is 0 Å². The van der Waals surface area contributed by atoms with Gasteiger partial charge in [-0.3, -0.25) is 0 Å². The van der Waals surface area contributed by atoms with E-state index in [1.165, 1.54) is 23.5 Å². The second-order valence-electron chi connectivity index (χ2n) is 4.79. The fourth-order valence-electron chi connectivity index (χ4n) is 1.86. The average molecular weight is 329 g/mol. The molecule has 0 saturated carbocycles. The number of rotatable bonds is 5. The van der Waals surface area contributed by atoms with Crippen LogP contribution in [0.2, 0.25) is 0 Å². The van der Waals surface area contributed by atoms with Crippen molar-refractivity contribution in [2.75, 3.05) is 5.32 Å². The minimum Gasteiger partial charge on any atom is -0.618 e. The van der Waals surface area contributed by atoms with Gasteiger partial charge in [0.05, 0.1) is 5.69 Å². The Hall–Kier alpha value is -2.05. The number of pyridine rings is 1. The first-order valence-electron chi connectivity index (χ1n) is 6.80. The number of nitrogens with zero attached hydrogens (tertiary/aromatic N) is 2. The molecule has 0 atom stereocenters. The number of aryl methyl sites for hydroxylation is 1. The Labute approximate surface area is 137 Å². The normalized spacial score (nSPS) is 10.6. The summed E-state index contributed by atoms with van der Waals surface area (Å²) in [6, 6.07) is 13.6. The largest absolute Gasteiger partial charge is 0.618 e. The van der Waals surface area contributed by atoms with E-state index in [0.717, 1.165) is 21.2 Å².